The first-order valence-corrected chi connectivity index (χ1v) is 33.0. The van der Waals surface area contributed by atoms with E-state index in [1.807, 2.05) is 0 Å². The van der Waals surface area contributed by atoms with Gasteiger partial charge in [-0.15, -0.1) is 0 Å². The van der Waals surface area contributed by atoms with Crippen LogP contribution in [-0.2, 0) is 9.47 Å². The van der Waals surface area contributed by atoms with Gasteiger partial charge in [0.1, 0.15) is 0 Å². The molecule has 7 saturated carbocycles. The van der Waals surface area contributed by atoms with E-state index in [2.05, 4.69) is 107 Å². The molecule has 7 aliphatic rings. The number of nitrogens with zero attached hydrogens (tertiary/aromatic N) is 2. The van der Waals surface area contributed by atoms with E-state index in [0.29, 0.717) is 23.0 Å². The molecule has 0 aromatic heterocycles. The molecule has 0 amide bonds. The van der Waals surface area contributed by atoms with Crippen LogP contribution in [0.1, 0.15) is 290 Å². The minimum absolute atomic E-state index is 0.377. The van der Waals surface area contributed by atoms with Crippen LogP contribution in [0.5, 0.6) is 0 Å². The van der Waals surface area contributed by atoms with E-state index in [0.717, 1.165) is 120 Å². The molecule has 7 rings (SSSR count). The standard InChI is InChI=1S/C68H126N2O2/c1-47(2)17-15-19-49(5)41-43-71-59-35-31-57(32-36-59)69(55-27-21-51(7)22-28-55)65-61-39-25-54(68(12,13)14)46-64(61)66(62-40-26-53(45-63(62)65)67(9,10)11)70(56-29-23-52(8)24-30-56)58-33-37-60(38-34-58)72-44-42-50(6)20-16-18-48(3)4/h47-66H,15-46H2,1-14H3. The molecule has 7 fully saturated rings. The van der Waals surface area contributed by atoms with Crippen molar-refractivity contribution in [1.29, 1.82) is 0 Å². The molecule has 72 heavy (non-hydrogen) atoms. The van der Waals surface area contributed by atoms with Gasteiger partial charge in [0.05, 0.1) is 12.2 Å². The van der Waals surface area contributed by atoms with Gasteiger partial charge in [-0.3, -0.25) is 9.80 Å². The zero-order chi connectivity index (χ0) is 51.7. The molecule has 0 aromatic rings. The highest BCUT2D eigenvalue weighted by Crippen LogP contribution is 2.61. The quantitative estimate of drug-likeness (QED) is 0.108. The van der Waals surface area contributed by atoms with Crippen LogP contribution in [0.3, 0.4) is 0 Å². The molecule has 10 unspecified atom stereocenters. The number of fused-ring (bicyclic) bond motifs is 2. The molecule has 0 bridgehead atoms. The van der Waals surface area contributed by atoms with Gasteiger partial charge in [-0.05, 0) is 236 Å². The van der Waals surface area contributed by atoms with E-state index < -0.39 is 0 Å². The van der Waals surface area contributed by atoms with E-state index in [1.54, 1.807) is 0 Å². The summed E-state index contributed by atoms with van der Waals surface area (Å²) in [7, 11) is 0. The van der Waals surface area contributed by atoms with Gasteiger partial charge in [-0.1, -0.05) is 135 Å². The van der Waals surface area contributed by atoms with Crippen LogP contribution < -0.4 is 0 Å². The van der Waals surface area contributed by atoms with Crippen LogP contribution >= 0.6 is 0 Å². The van der Waals surface area contributed by atoms with Crippen molar-refractivity contribution in [2.24, 2.45) is 81.8 Å². The normalized spacial score (nSPS) is 38.2. The third-order valence-corrected chi connectivity index (χ3v) is 22.6. The van der Waals surface area contributed by atoms with Crippen molar-refractivity contribution < 1.29 is 9.47 Å². The molecule has 0 radical (unpaired) electrons. The average Bonchev–Trinajstić information content (AvgIpc) is 3.33. The van der Waals surface area contributed by atoms with Gasteiger partial charge in [-0.25, -0.2) is 0 Å². The lowest BCUT2D eigenvalue weighted by molar-refractivity contribution is -0.168. The summed E-state index contributed by atoms with van der Waals surface area (Å²) >= 11 is 0. The van der Waals surface area contributed by atoms with Crippen molar-refractivity contribution in [2.45, 2.75) is 338 Å². The van der Waals surface area contributed by atoms with Crippen molar-refractivity contribution in [2.75, 3.05) is 13.2 Å². The van der Waals surface area contributed by atoms with Crippen molar-refractivity contribution in [3.05, 3.63) is 0 Å². The lowest BCUT2D eigenvalue weighted by atomic mass is 9.49. The van der Waals surface area contributed by atoms with Gasteiger partial charge in [0.2, 0.25) is 0 Å². The second-order valence-electron chi connectivity index (χ2n) is 31.2. The molecule has 7 aliphatic carbocycles. The van der Waals surface area contributed by atoms with Gasteiger partial charge < -0.3 is 9.47 Å². The molecule has 10 atom stereocenters. The van der Waals surface area contributed by atoms with Crippen LogP contribution in [-0.4, -0.2) is 71.5 Å². The van der Waals surface area contributed by atoms with E-state index >= 15 is 0 Å². The number of ether oxygens (including phenoxy) is 2. The summed E-state index contributed by atoms with van der Waals surface area (Å²) in [4.78, 5) is 6.96. The van der Waals surface area contributed by atoms with E-state index in [9.17, 15) is 0 Å². The molecule has 0 aromatic carbocycles. The van der Waals surface area contributed by atoms with Crippen molar-refractivity contribution >= 4 is 0 Å². The van der Waals surface area contributed by atoms with Crippen LogP contribution in [0.15, 0.2) is 0 Å². The Balaban J connectivity index is 1.17. The highest BCUT2D eigenvalue weighted by molar-refractivity contribution is 5.12. The molecule has 4 nitrogen and oxygen atoms in total. The fraction of sp³-hybridized carbons (Fsp3) is 1.00. The minimum Gasteiger partial charge on any atom is -0.378 e. The Morgan fingerprint density at radius 1 is 0.375 bits per heavy atom. The fourth-order valence-electron chi connectivity index (χ4n) is 17.8. The van der Waals surface area contributed by atoms with Crippen LogP contribution in [0, 0.1) is 81.8 Å². The maximum Gasteiger partial charge on any atom is 0.0576 e. The van der Waals surface area contributed by atoms with E-state index in [1.165, 1.54) is 193 Å². The maximum atomic E-state index is 6.87. The summed E-state index contributed by atoms with van der Waals surface area (Å²) in [5.41, 5.74) is 0.753. The Labute approximate surface area is 450 Å². The van der Waals surface area contributed by atoms with Gasteiger partial charge >= 0.3 is 0 Å². The van der Waals surface area contributed by atoms with Crippen LogP contribution in [0.2, 0.25) is 0 Å². The van der Waals surface area contributed by atoms with Crippen molar-refractivity contribution in [3.63, 3.8) is 0 Å². The van der Waals surface area contributed by atoms with Crippen LogP contribution in [0.4, 0.5) is 0 Å². The highest BCUT2D eigenvalue weighted by Gasteiger charge is 2.60. The lowest BCUT2D eigenvalue weighted by Gasteiger charge is -2.66. The van der Waals surface area contributed by atoms with Crippen molar-refractivity contribution in [3.8, 4) is 0 Å². The summed E-state index contributed by atoms with van der Waals surface area (Å²) in [5.74, 6) is 10.0. The second kappa shape index (κ2) is 27.6. The first-order chi connectivity index (χ1) is 34.3. The van der Waals surface area contributed by atoms with E-state index in [-0.39, 0.29) is 0 Å². The zero-order valence-electron chi connectivity index (χ0n) is 50.9. The summed E-state index contributed by atoms with van der Waals surface area (Å²) in [6, 6.07) is 4.57. The molecule has 4 heteroatoms. The second-order valence-corrected chi connectivity index (χ2v) is 31.2. The predicted molar refractivity (Wildman–Crippen MR) is 311 cm³/mol. The molecule has 0 saturated heterocycles. The molecule has 0 spiro atoms. The van der Waals surface area contributed by atoms with Crippen molar-refractivity contribution in [1.82, 2.24) is 9.80 Å². The van der Waals surface area contributed by atoms with Gasteiger partial charge in [-0.2, -0.15) is 0 Å². The number of rotatable bonds is 22. The number of hydrogen-bond donors (Lipinski definition) is 0. The van der Waals surface area contributed by atoms with Crippen LogP contribution in [0.25, 0.3) is 0 Å². The fourth-order valence-corrected chi connectivity index (χ4v) is 17.8. The Hall–Kier alpha value is -0.160. The SMILES string of the molecule is CC(C)CCCC(C)CCOC1CCC(N(C2CCC(C)CC2)C2C3CCC(C(C)(C)C)CC3C(N(C3CCC(C)CC3)C3CCC(OCCC(C)CCCC(C)C)CC3)C3CCC(C(C)(C)C)CC32)CC1. The molecular weight excluding hydrogens is 877 g/mol. The first kappa shape index (κ1) is 59.5. The predicted octanol–water partition coefficient (Wildman–Crippen LogP) is 19.0. The topological polar surface area (TPSA) is 24.9 Å². The van der Waals surface area contributed by atoms with Gasteiger partial charge in [0.25, 0.3) is 0 Å². The lowest BCUT2D eigenvalue weighted by Crippen LogP contribution is -2.70. The molecule has 0 aliphatic heterocycles. The smallest absolute Gasteiger partial charge is 0.0576 e. The Kier molecular flexibility index (Phi) is 22.8. The largest absolute Gasteiger partial charge is 0.378 e. The summed E-state index contributed by atoms with van der Waals surface area (Å²) < 4.78 is 13.7. The molecule has 0 N–H and O–H groups in total. The average molecular weight is 1000 g/mol. The summed E-state index contributed by atoms with van der Waals surface area (Å²) in [6.07, 6.45) is 42.8. The van der Waals surface area contributed by atoms with Gasteiger partial charge in [0.15, 0.2) is 0 Å². The third kappa shape index (κ3) is 16.5. The Morgan fingerprint density at radius 2 is 0.694 bits per heavy atom. The first-order valence-electron chi connectivity index (χ1n) is 33.0. The summed E-state index contributed by atoms with van der Waals surface area (Å²) in [6.45, 7) is 37.3. The monoisotopic (exact) mass is 1000 g/mol. The summed E-state index contributed by atoms with van der Waals surface area (Å²) in [5, 5.41) is 0. The molecular formula is C68H126N2O2. The Morgan fingerprint density at radius 3 is 1.00 bits per heavy atom. The van der Waals surface area contributed by atoms with Gasteiger partial charge in [0, 0.05) is 49.5 Å². The minimum atomic E-state index is 0.377. The molecule has 0 heterocycles. The Bertz CT molecular complexity index is 1380. The zero-order valence-corrected chi connectivity index (χ0v) is 50.9. The molecule has 420 valence electrons. The van der Waals surface area contributed by atoms with E-state index in [4.69, 9.17) is 9.47 Å². The number of hydrogen-bond acceptors (Lipinski definition) is 4. The highest BCUT2D eigenvalue weighted by atomic mass is 16.5. The third-order valence-electron chi connectivity index (χ3n) is 22.6. The maximum absolute atomic E-state index is 6.87.